The molecule has 0 spiro atoms. The summed E-state index contributed by atoms with van der Waals surface area (Å²) in [6.07, 6.45) is 9.13. The number of aromatic nitrogens is 5. The van der Waals surface area contributed by atoms with E-state index in [0.717, 1.165) is 49.3 Å². The van der Waals surface area contributed by atoms with E-state index in [0.29, 0.717) is 23.2 Å². The Labute approximate surface area is 222 Å². The number of fused-ring (bicyclic) bond motifs is 1. The second-order valence-electron chi connectivity index (χ2n) is 10.5. The van der Waals surface area contributed by atoms with Crippen molar-refractivity contribution in [3.8, 4) is 11.3 Å². The molecule has 4 aromatic rings. The van der Waals surface area contributed by atoms with Gasteiger partial charge in [0.2, 0.25) is 5.95 Å². The number of piperazine rings is 1. The Morgan fingerprint density at radius 1 is 1.00 bits per heavy atom. The highest BCUT2D eigenvalue weighted by Gasteiger charge is 2.22. The van der Waals surface area contributed by atoms with E-state index in [1.54, 1.807) is 0 Å². The van der Waals surface area contributed by atoms with Crippen LogP contribution in [0.1, 0.15) is 56.2 Å². The SMILES string of the molecule is CCCN1CCN(Cc2ccc(Nc3ncc(F)c(-c4ccc5n[nH]c(C6CCCC6)c5c4)n3)nc2)CC1. The fourth-order valence-corrected chi connectivity index (χ4v) is 5.78. The number of nitrogens with zero attached hydrogens (tertiary/aromatic N) is 6. The van der Waals surface area contributed by atoms with Gasteiger partial charge in [-0.05, 0) is 49.6 Å². The van der Waals surface area contributed by atoms with Crippen LogP contribution < -0.4 is 5.32 Å². The van der Waals surface area contributed by atoms with Gasteiger partial charge >= 0.3 is 0 Å². The van der Waals surface area contributed by atoms with Crippen LogP contribution in [0.2, 0.25) is 0 Å². The zero-order chi connectivity index (χ0) is 25.9. The lowest BCUT2D eigenvalue weighted by Gasteiger charge is -2.34. The van der Waals surface area contributed by atoms with Gasteiger partial charge in [-0.15, -0.1) is 0 Å². The lowest BCUT2D eigenvalue weighted by Crippen LogP contribution is -2.45. The molecule has 2 N–H and O–H groups in total. The van der Waals surface area contributed by atoms with E-state index in [2.05, 4.69) is 53.3 Å². The topological polar surface area (TPSA) is 85.9 Å². The number of benzene rings is 1. The van der Waals surface area contributed by atoms with Crippen LogP contribution in [0, 0.1) is 5.82 Å². The van der Waals surface area contributed by atoms with Crippen molar-refractivity contribution in [2.24, 2.45) is 0 Å². The highest BCUT2D eigenvalue weighted by Crippen LogP contribution is 2.37. The van der Waals surface area contributed by atoms with Crippen molar-refractivity contribution in [3.63, 3.8) is 0 Å². The highest BCUT2D eigenvalue weighted by atomic mass is 19.1. The molecule has 198 valence electrons. The molecule has 38 heavy (non-hydrogen) atoms. The average molecular weight is 515 g/mol. The average Bonchev–Trinajstić information content (AvgIpc) is 3.62. The molecule has 0 bridgehead atoms. The number of nitrogens with one attached hydrogen (secondary N) is 2. The molecule has 1 aliphatic carbocycles. The number of H-pyrrole nitrogens is 1. The van der Waals surface area contributed by atoms with Crippen molar-refractivity contribution in [1.82, 2.24) is 34.9 Å². The molecule has 1 saturated carbocycles. The Bertz CT molecular complexity index is 1370. The molecule has 8 nitrogen and oxygen atoms in total. The second-order valence-corrected chi connectivity index (χ2v) is 10.5. The van der Waals surface area contributed by atoms with Crippen LogP contribution in [0.3, 0.4) is 0 Å². The molecule has 0 unspecified atom stereocenters. The monoisotopic (exact) mass is 514 g/mol. The molecule has 1 saturated heterocycles. The van der Waals surface area contributed by atoms with Gasteiger partial charge in [0.15, 0.2) is 5.82 Å². The number of hydrogen-bond acceptors (Lipinski definition) is 7. The van der Waals surface area contributed by atoms with Crippen molar-refractivity contribution >= 4 is 22.7 Å². The highest BCUT2D eigenvalue weighted by molar-refractivity contribution is 5.86. The Kier molecular flexibility index (Phi) is 7.29. The summed E-state index contributed by atoms with van der Waals surface area (Å²) in [5, 5.41) is 11.9. The molecule has 0 amide bonds. The first kappa shape index (κ1) is 24.9. The lowest BCUT2D eigenvalue weighted by atomic mass is 9.99. The molecule has 2 fully saturated rings. The number of anilines is 2. The van der Waals surface area contributed by atoms with Gasteiger partial charge < -0.3 is 10.2 Å². The van der Waals surface area contributed by atoms with Crippen LogP contribution in [0.15, 0.2) is 42.7 Å². The molecular weight excluding hydrogens is 479 g/mol. The molecule has 4 heterocycles. The second kappa shape index (κ2) is 11.1. The van der Waals surface area contributed by atoms with Crippen LogP contribution in [0.5, 0.6) is 0 Å². The third-order valence-corrected chi connectivity index (χ3v) is 7.84. The summed E-state index contributed by atoms with van der Waals surface area (Å²) < 4.78 is 14.9. The van der Waals surface area contributed by atoms with Crippen molar-refractivity contribution in [3.05, 3.63) is 59.8 Å². The molecule has 1 aliphatic heterocycles. The van der Waals surface area contributed by atoms with Crippen LogP contribution in [-0.4, -0.2) is 67.7 Å². The molecule has 3 aromatic heterocycles. The molecule has 2 aliphatic rings. The summed E-state index contributed by atoms with van der Waals surface area (Å²) >= 11 is 0. The first-order chi connectivity index (χ1) is 18.7. The van der Waals surface area contributed by atoms with Crippen LogP contribution in [0.4, 0.5) is 16.2 Å². The fourth-order valence-electron chi connectivity index (χ4n) is 5.78. The summed E-state index contributed by atoms with van der Waals surface area (Å²) in [6.45, 7) is 8.73. The largest absolute Gasteiger partial charge is 0.309 e. The molecule has 6 rings (SSSR count). The molecule has 9 heteroatoms. The van der Waals surface area contributed by atoms with Crippen molar-refractivity contribution < 1.29 is 4.39 Å². The minimum Gasteiger partial charge on any atom is -0.309 e. The van der Waals surface area contributed by atoms with E-state index in [4.69, 9.17) is 0 Å². The maximum absolute atomic E-state index is 14.9. The number of halogens is 1. The minimum atomic E-state index is -0.455. The van der Waals surface area contributed by atoms with Gasteiger partial charge in [0.05, 0.1) is 11.7 Å². The van der Waals surface area contributed by atoms with E-state index in [9.17, 15) is 4.39 Å². The zero-order valence-corrected chi connectivity index (χ0v) is 22.0. The van der Waals surface area contributed by atoms with E-state index >= 15 is 0 Å². The maximum Gasteiger partial charge on any atom is 0.229 e. The van der Waals surface area contributed by atoms with Crippen LogP contribution in [0.25, 0.3) is 22.2 Å². The summed E-state index contributed by atoms with van der Waals surface area (Å²) in [6, 6.07) is 9.80. The minimum absolute atomic E-state index is 0.266. The van der Waals surface area contributed by atoms with Crippen LogP contribution in [-0.2, 0) is 6.54 Å². The number of hydrogen-bond donors (Lipinski definition) is 2. The van der Waals surface area contributed by atoms with Gasteiger partial charge in [0.25, 0.3) is 0 Å². The van der Waals surface area contributed by atoms with Gasteiger partial charge in [-0.3, -0.25) is 10.00 Å². The third kappa shape index (κ3) is 5.39. The Morgan fingerprint density at radius 2 is 1.82 bits per heavy atom. The normalized spacial score (nSPS) is 17.4. The Hall–Kier alpha value is -3.43. The summed E-state index contributed by atoms with van der Waals surface area (Å²) in [5.74, 6) is 0.982. The predicted molar refractivity (Wildman–Crippen MR) is 148 cm³/mol. The molecule has 1 aromatic carbocycles. The van der Waals surface area contributed by atoms with Crippen molar-refractivity contribution in [2.45, 2.75) is 51.5 Å². The third-order valence-electron chi connectivity index (χ3n) is 7.84. The van der Waals surface area contributed by atoms with Crippen molar-refractivity contribution in [2.75, 3.05) is 38.0 Å². The maximum atomic E-state index is 14.9. The van der Waals surface area contributed by atoms with Gasteiger partial charge in [-0.1, -0.05) is 31.9 Å². The number of aromatic amines is 1. The number of rotatable bonds is 8. The van der Waals surface area contributed by atoms with Crippen LogP contribution >= 0.6 is 0 Å². The summed E-state index contributed by atoms with van der Waals surface area (Å²) in [4.78, 5) is 18.2. The molecule has 0 radical (unpaired) electrons. The molecular formula is C29H35FN8. The number of pyridine rings is 1. The Balaban J connectivity index is 1.15. The molecule has 0 atom stereocenters. The van der Waals surface area contributed by atoms with E-state index < -0.39 is 5.82 Å². The lowest BCUT2D eigenvalue weighted by molar-refractivity contribution is 0.127. The van der Waals surface area contributed by atoms with E-state index in [-0.39, 0.29) is 5.69 Å². The first-order valence-electron chi connectivity index (χ1n) is 13.8. The van der Waals surface area contributed by atoms with E-state index in [1.807, 2.05) is 30.5 Å². The zero-order valence-electron chi connectivity index (χ0n) is 22.0. The standard InChI is InChI=1S/C29H35FN8/c1-2-11-37-12-14-38(15-13-37)19-20-7-10-26(31-17-20)33-29-32-18-24(30)28(34-29)22-8-9-25-23(16-22)27(36-35-25)21-5-3-4-6-21/h7-10,16-18,21H,2-6,11-15,19H2,1H3,(H,35,36)(H,31,32,33,34). The first-order valence-corrected chi connectivity index (χ1v) is 13.8. The quantitative estimate of drug-likeness (QED) is 0.322. The summed E-state index contributed by atoms with van der Waals surface area (Å²) in [7, 11) is 0. The van der Waals surface area contributed by atoms with Gasteiger partial charge in [0.1, 0.15) is 11.5 Å². The summed E-state index contributed by atoms with van der Waals surface area (Å²) in [5.41, 5.74) is 4.20. The Morgan fingerprint density at radius 3 is 2.58 bits per heavy atom. The van der Waals surface area contributed by atoms with E-state index in [1.165, 1.54) is 50.4 Å². The smallest absolute Gasteiger partial charge is 0.229 e. The van der Waals surface area contributed by atoms with Gasteiger partial charge in [-0.25, -0.2) is 19.3 Å². The van der Waals surface area contributed by atoms with Crippen molar-refractivity contribution in [1.29, 1.82) is 0 Å². The predicted octanol–water partition coefficient (Wildman–Crippen LogP) is 5.48. The fraction of sp³-hybridized carbons (Fsp3) is 0.448. The van der Waals surface area contributed by atoms with Gasteiger partial charge in [-0.2, -0.15) is 5.10 Å². The van der Waals surface area contributed by atoms with Gasteiger partial charge in [0, 0.05) is 61.5 Å².